The molecule has 0 saturated carbocycles. The van der Waals surface area contributed by atoms with E-state index in [-0.39, 0.29) is 0 Å². The quantitative estimate of drug-likeness (QED) is 0.142. The number of rotatable bonds is 10. The van der Waals surface area contributed by atoms with Crippen molar-refractivity contribution in [1.82, 2.24) is 25.6 Å². The van der Waals surface area contributed by atoms with Crippen LogP contribution in [0.5, 0.6) is 0 Å². The summed E-state index contributed by atoms with van der Waals surface area (Å²) in [6, 6.07) is 2.15. The molecule has 27 heavy (non-hydrogen) atoms. The fraction of sp³-hybridized carbons (Fsp3) is 0.533. The average Bonchev–Trinajstić information content (AvgIpc) is 3.13. The minimum Gasteiger partial charge on any atom is -0.355 e. The molecule has 1 heterocycles. The molecule has 4 N–H and O–H groups in total. The molecule has 1 aromatic rings. The molecule has 0 aliphatic heterocycles. The van der Waals surface area contributed by atoms with E-state index >= 15 is 0 Å². The predicted octanol–water partition coefficient (Wildman–Crippen LogP) is 0.902. The van der Waals surface area contributed by atoms with Gasteiger partial charge in [0.2, 0.25) is 11.9 Å². The van der Waals surface area contributed by atoms with Crippen molar-refractivity contribution in [3.63, 3.8) is 0 Å². The summed E-state index contributed by atoms with van der Waals surface area (Å²) in [5, 5.41) is 28.2. The summed E-state index contributed by atoms with van der Waals surface area (Å²) in [4.78, 5) is 9.11. The molecule has 146 valence electrons. The van der Waals surface area contributed by atoms with Gasteiger partial charge in [0.15, 0.2) is 12.4 Å². The number of aromatic nitrogens is 1. The van der Waals surface area contributed by atoms with Crippen LogP contribution in [-0.4, -0.2) is 55.0 Å². The van der Waals surface area contributed by atoms with E-state index < -0.39 is 0 Å². The fourth-order valence-corrected chi connectivity index (χ4v) is 4.29. The van der Waals surface area contributed by atoms with Crippen LogP contribution < -0.4 is 21.3 Å². The predicted molar refractivity (Wildman–Crippen MR) is 115 cm³/mol. The molecule has 1 rings (SSSR count). The van der Waals surface area contributed by atoms with Crippen molar-refractivity contribution in [1.29, 1.82) is 10.5 Å². The molecule has 0 bridgehead atoms. The first-order valence-electron chi connectivity index (χ1n) is 8.05. The molecule has 0 amide bonds. The van der Waals surface area contributed by atoms with Gasteiger partial charge in [-0.25, -0.2) is 0 Å². The Morgan fingerprint density at radius 2 is 1.59 bits per heavy atom. The molecule has 0 unspecified atom stereocenters. The van der Waals surface area contributed by atoms with E-state index in [2.05, 4.69) is 41.7 Å². The number of thioether (sulfide) groups is 2. The number of guanidine groups is 2. The zero-order chi connectivity index (χ0) is 19.7. The summed E-state index contributed by atoms with van der Waals surface area (Å²) in [6.45, 7) is 1.47. The number of hydrogen-bond donors (Lipinski definition) is 4. The lowest BCUT2D eigenvalue weighted by molar-refractivity contribution is 0.930. The summed E-state index contributed by atoms with van der Waals surface area (Å²) in [5.41, 5.74) is 1.09. The van der Waals surface area contributed by atoms with Crippen LogP contribution in [0, 0.1) is 22.9 Å². The van der Waals surface area contributed by atoms with E-state index in [0.29, 0.717) is 11.9 Å². The van der Waals surface area contributed by atoms with Gasteiger partial charge in [0.1, 0.15) is 0 Å². The summed E-state index contributed by atoms with van der Waals surface area (Å²) in [7, 11) is 3.26. The molecule has 0 saturated heterocycles. The Morgan fingerprint density at radius 3 is 2.11 bits per heavy atom. The maximum Gasteiger partial charge on any atom is 0.204 e. The molecule has 0 atom stereocenters. The van der Waals surface area contributed by atoms with Gasteiger partial charge in [-0.2, -0.15) is 38.4 Å². The van der Waals surface area contributed by atoms with Gasteiger partial charge < -0.3 is 10.6 Å². The lowest BCUT2D eigenvalue weighted by atomic mass is 10.4. The second-order valence-corrected chi connectivity index (χ2v) is 7.96. The standard InChI is InChI=1S/C15H23N9S3/c1-18-14(22-10-16)20-3-5-25-8-12-7-13(27-24-12)9-26-6-4-21-15(19-2)23-11-17/h7H,3-6,8-9H2,1-2H3,(H2,18,20,22)(H2,19,21,23). The Morgan fingerprint density at radius 1 is 1.04 bits per heavy atom. The number of nitrogens with one attached hydrogen (secondary N) is 4. The maximum atomic E-state index is 8.55. The summed E-state index contributed by atoms with van der Waals surface area (Å²) >= 11 is 5.14. The second kappa shape index (κ2) is 15.0. The van der Waals surface area contributed by atoms with Gasteiger partial charge in [-0.15, -0.1) is 0 Å². The highest BCUT2D eigenvalue weighted by molar-refractivity contribution is 7.98. The van der Waals surface area contributed by atoms with E-state index in [1.807, 2.05) is 24.1 Å². The molecule has 1 aromatic heterocycles. The van der Waals surface area contributed by atoms with Crippen molar-refractivity contribution in [2.75, 3.05) is 38.7 Å². The number of aliphatic imine (C=N–C) groups is 2. The monoisotopic (exact) mass is 425 g/mol. The molecule has 9 nitrogen and oxygen atoms in total. The third-order valence-corrected chi connectivity index (χ3v) is 5.98. The van der Waals surface area contributed by atoms with Gasteiger partial charge in [0.05, 0.1) is 5.69 Å². The van der Waals surface area contributed by atoms with E-state index in [1.54, 1.807) is 37.4 Å². The van der Waals surface area contributed by atoms with Crippen molar-refractivity contribution < 1.29 is 0 Å². The summed E-state index contributed by atoms with van der Waals surface area (Å²) in [5.74, 6) is 4.58. The largest absolute Gasteiger partial charge is 0.355 e. The highest BCUT2D eigenvalue weighted by Crippen LogP contribution is 2.20. The van der Waals surface area contributed by atoms with Crippen LogP contribution in [0.3, 0.4) is 0 Å². The molecule has 0 radical (unpaired) electrons. The molecule has 0 aliphatic rings. The number of nitriles is 2. The highest BCUT2D eigenvalue weighted by atomic mass is 32.2. The van der Waals surface area contributed by atoms with E-state index in [1.165, 1.54) is 4.88 Å². The minimum absolute atomic E-state index is 0.487. The van der Waals surface area contributed by atoms with Crippen LogP contribution in [0.4, 0.5) is 0 Å². The first-order chi connectivity index (χ1) is 13.2. The van der Waals surface area contributed by atoms with Crippen LogP contribution >= 0.6 is 35.1 Å². The van der Waals surface area contributed by atoms with Crippen molar-refractivity contribution in [3.05, 3.63) is 16.6 Å². The van der Waals surface area contributed by atoms with Crippen LogP contribution in [0.1, 0.15) is 10.6 Å². The Hall–Kier alpha value is -2.15. The average molecular weight is 426 g/mol. The van der Waals surface area contributed by atoms with E-state index in [0.717, 1.165) is 41.8 Å². The van der Waals surface area contributed by atoms with Gasteiger partial charge in [-0.3, -0.25) is 20.6 Å². The van der Waals surface area contributed by atoms with Crippen LogP contribution in [0.15, 0.2) is 16.1 Å². The van der Waals surface area contributed by atoms with E-state index in [4.69, 9.17) is 10.5 Å². The highest BCUT2D eigenvalue weighted by Gasteiger charge is 2.03. The van der Waals surface area contributed by atoms with Gasteiger partial charge in [-0.05, 0) is 17.6 Å². The Kier molecular flexibility index (Phi) is 12.7. The first-order valence-corrected chi connectivity index (χ1v) is 11.1. The lowest BCUT2D eigenvalue weighted by Gasteiger charge is -2.06. The summed E-state index contributed by atoms with van der Waals surface area (Å²) < 4.78 is 4.49. The minimum atomic E-state index is 0.487. The zero-order valence-electron chi connectivity index (χ0n) is 15.3. The fourth-order valence-electron chi connectivity index (χ4n) is 1.79. The molecular weight excluding hydrogens is 402 g/mol. The molecular formula is C15H23N9S3. The Balaban J connectivity index is 2.13. The van der Waals surface area contributed by atoms with Gasteiger partial charge in [0, 0.05) is 55.1 Å². The molecule has 0 aliphatic carbocycles. The topological polar surface area (TPSA) is 133 Å². The zero-order valence-corrected chi connectivity index (χ0v) is 17.7. The normalized spacial score (nSPS) is 11.4. The third kappa shape index (κ3) is 10.6. The van der Waals surface area contributed by atoms with E-state index in [9.17, 15) is 0 Å². The third-order valence-electron chi connectivity index (χ3n) is 2.98. The van der Waals surface area contributed by atoms with Gasteiger partial charge in [-0.1, -0.05) is 0 Å². The molecule has 0 aromatic carbocycles. The summed E-state index contributed by atoms with van der Waals surface area (Å²) in [6.07, 6.45) is 3.68. The first kappa shape index (κ1) is 22.9. The number of hydrogen-bond acceptors (Lipinski definition) is 8. The van der Waals surface area contributed by atoms with Crippen molar-refractivity contribution in [3.8, 4) is 12.4 Å². The smallest absolute Gasteiger partial charge is 0.204 e. The maximum absolute atomic E-state index is 8.55. The van der Waals surface area contributed by atoms with Gasteiger partial charge >= 0.3 is 0 Å². The Labute approximate surface area is 172 Å². The van der Waals surface area contributed by atoms with Crippen LogP contribution in [-0.2, 0) is 11.5 Å². The SMILES string of the molecule is CN=C(NC#N)NCCSCc1cc(CSCCNC(=NC)NC#N)sn1. The van der Waals surface area contributed by atoms with Crippen molar-refractivity contribution in [2.24, 2.45) is 9.98 Å². The van der Waals surface area contributed by atoms with Crippen molar-refractivity contribution >= 4 is 47.0 Å². The Bertz CT molecular complexity index is 631. The van der Waals surface area contributed by atoms with Crippen LogP contribution in [0.2, 0.25) is 0 Å². The second-order valence-electron chi connectivity index (χ2n) is 4.86. The lowest BCUT2D eigenvalue weighted by Crippen LogP contribution is -2.35. The molecule has 12 heteroatoms. The number of nitrogens with zero attached hydrogens (tertiary/aromatic N) is 5. The van der Waals surface area contributed by atoms with Gasteiger partial charge in [0.25, 0.3) is 0 Å². The van der Waals surface area contributed by atoms with Crippen LogP contribution in [0.25, 0.3) is 0 Å². The molecule has 0 spiro atoms. The van der Waals surface area contributed by atoms with Crippen molar-refractivity contribution in [2.45, 2.75) is 11.5 Å². The molecule has 0 fully saturated rings.